The van der Waals surface area contributed by atoms with Crippen LogP contribution in [0.15, 0.2) is 109 Å². The van der Waals surface area contributed by atoms with Gasteiger partial charge in [0.25, 0.3) is 0 Å². The Hall–Kier alpha value is -4.02. The van der Waals surface area contributed by atoms with Gasteiger partial charge in [0.15, 0.2) is 0 Å². The molecule has 0 aliphatic heterocycles. The number of aromatic nitrogens is 2. The van der Waals surface area contributed by atoms with E-state index in [1.807, 2.05) is 78.9 Å². The molecule has 0 radical (unpaired) electrons. The Kier molecular flexibility index (Phi) is 5.83. The molecule has 0 fully saturated rings. The van der Waals surface area contributed by atoms with Gasteiger partial charge >= 0.3 is 0 Å². The molecule has 33 heavy (non-hydrogen) atoms. The van der Waals surface area contributed by atoms with E-state index in [2.05, 4.69) is 33.8 Å². The summed E-state index contributed by atoms with van der Waals surface area (Å²) in [5.41, 5.74) is 10.9. The summed E-state index contributed by atoms with van der Waals surface area (Å²) in [4.78, 5) is 4.50. The number of nitrogen functional groups attached to an aromatic ring is 1. The van der Waals surface area contributed by atoms with Crippen molar-refractivity contribution in [2.75, 3.05) is 5.73 Å². The van der Waals surface area contributed by atoms with Gasteiger partial charge in [-0.25, -0.2) is 4.98 Å². The fourth-order valence-corrected chi connectivity index (χ4v) is 4.09. The highest BCUT2D eigenvalue weighted by atomic mass is 35.5. The molecule has 0 amide bonds. The van der Waals surface area contributed by atoms with Crippen LogP contribution in [0, 0.1) is 0 Å². The van der Waals surface area contributed by atoms with Crippen LogP contribution in [0.25, 0.3) is 22.5 Å². The minimum Gasteiger partial charge on any atom is -0.457 e. The first-order chi connectivity index (χ1) is 16.2. The highest BCUT2D eigenvalue weighted by molar-refractivity contribution is 6.33. The van der Waals surface area contributed by atoms with E-state index in [1.54, 1.807) is 6.07 Å². The molecule has 0 spiro atoms. The molecule has 0 saturated heterocycles. The Bertz CT molecular complexity index is 1380. The molecular weight excluding hydrogens is 430 g/mol. The number of ether oxygens (including phenoxy) is 1. The Morgan fingerprint density at radius 1 is 0.697 bits per heavy atom. The number of nitrogens with zero attached hydrogens (tertiary/aromatic N) is 2. The van der Waals surface area contributed by atoms with Gasteiger partial charge in [-0.1, -0.05) is 54.1 Å². The molecule has 0 atom stereocenters. The van der Waals surface area contributed by atoms with Crippen LogP contribution in [0.4, 0.5) is 5.82 Å². The number of hydrogen-bond donors (Lipinski definition) is 1. The van der Waals surface area contributed by atoms with Gasteiger partial charge in [0.1, 0.15) is 17.3 Å². The first-order valence-corrected chi connectivity index (χ1v) is 11.0. The highest BCUT2D eigenvalue weighted by Crippen LogP contribution is 2.34. The maximum Gasteiger partial charge on any atom is 0.127 e. The second kappa shape index (κ2) is 9.23. The topological polar surface area (TPSA) is 53.1 Å². The van der Waals surface area contributed by atoms with Crippen molar-refractivity contribution in [1.29, 1.82) is 0 Å². The summed E-state index contributed by atoms with van der Waals surface area (Å²) >= 11 is 6.55. The van der Waals surface area contributed by atoms with Crippen molar-refractivity contribution in [1.82, 2.24) is 9.55 Å². The van der Waals surface area contributed by atoms with Crippen molar-refractivity contribution in [3.63, 3.8) is 0 Å². The summed E-state index contributed by atoms with van der Waals surface area (Å²) in [6.07, 6.45) is 0. The minimum absolute atomic E-state index is 0.503. The third-order valence-electron chi connectivity index (χ3n) is 5.41. The number of halogens is 1. The molecule has 3 aromatic carbocycles. The van der Waals surface area contributed by atoms with Gasteiger partial charge in [0.2, 0.25) is 0 Å². The molecule has 4 nitrogen and oxygen atoms in total. The number of nitrogens with two attached hydrogens (primary N) is 1. The second-order valence-electron chi connectivity index (χ2n) is 7.66. The number of rotatable bonds is 6. The molecule has 5 heteroatoms. The van der Waals surface area contributed by atoms with Crippen molar-refractivity contribution in [2.45, 2.75) is 6.54 Å². The van der Waals surface area contributed by atoms with Gasteiger partial charge in [0, 0.05) is 16.3 Å². The summed E-state index contributed by atoms with van der Waals surface area (Å²) < 4.78 is 8.17. The Balaban J connectivity index is 1.53. The van der Waals surface area contributed by atoms with Crippen molar-refractivity contribution in [3.05, 3.63) is 120 Å². The Morgan fingerprint density at radius 2 is 1.39 bits per heavy atom. The maximum atomic E-state index is 6.55. The van der Waals surface area contributed by atoms with Crippen molar-refractivity contribution >= 4 is 17.4 Å². The third-order valence-corrected chi connectivity index (χ3v) is 5.74. The molecule has 0 saturated carbocycles. The van der Waals surface area contributed by atoms with E-state index in [0.29, 0.717) is 17.4 Å². The summed E-state index contributed by atoms with van der Waals surface area (Å²) in [6.45, 7) is 0.566. The van der Waals surface area contributed by atoms with Crippen molar-refractivity contribution in [2.24, 2.45) is 0 Å². The lowest BCUT2D eigenvalue weighted by molar-refractivity contribution is 0.483. The maximum absolute atomic E-state index is 6.55. The largest absolute Gasteiger partial charge is 0.457 e. The summed E-state index contributed by atoms with van der Waals surface area (Å²) in [5.74, 6) is 2.09. The molecule has 2 aromatic heterocycles. The second-order valence-corrected chi connectivity index (χ2v) is 8.07. The van der Waals surface area contributed by atoms with Crippen molar-refractivity contribution < 1.29 is 4.74 Å². The van der Waals surface area contributed by atoms with Gasteiger partial charge in [0.05, 0.1) is 17.9 Å². The fraction of sp³-hybridized carbons (Fsp3) is 0.0357. The lowest BCUT2D eigenvalue weighted by atomic mass is 10.1. The molecule has 2 N–H and O–H groups in total. The monoisotopic (exact) mass is 451 g/mol. The molecule has 0 bridgehead atoms. The van der Waals surface area contributed by atoms with Crippen LogP contribution < -0.4 is 10.5 Å². The van der Waals surface area contributed by atoms with E-state index in [4.69, 9.17) is 22.1 Å². The minimum atomic E-state index is 0.503. The molecule has 0 unspecified atom stereocenters. The van der Waals surface area contributed by atoms with E-state index in [1.165, 1.54) is 0 Å². The first-order valence-electron chi connectivity index (χ1n) is 10.7. The molecule has 0 aliphatic carbocycles. The lowest BCUT2D eigenvalue weighted by Crippen LogP contribution is -2.06. The summed E-state index contributed by atoms with van der Waals surface area (Å²) in [5, 5.41) is 0.704. The molecule has 162 valence electrons. The van der Waals surface area contributed by atoms with Gasteiger partial charge in [-0.15, -0.1) is 0 Å². The molecule has 5 aromatic rings. The summed E-state index contributed by atoms with van der Waals surface area (Å²) in [7, 11) is 0. The normalized spacial score (nSPS) is 10.8. The van der Waals surface area contributed by atoms with E-state index in [-0.39, 0.29) is 0 Å². The van der Waals surface area contributed by atoms with E-state index >= 15 is 0 Å². The SMILES string of the molecule is Nc1cccc(Cn2c(-c3ccc(Oc4ccccc4)cc3)ccc2-c2ccccc2Cl)n1. The molecule has 5 rings (SSSR count). The van der Waals surface area contributed by atoms with Crippen molar-refractivity contribution in [3.8, 4) is 34.0 Å². The Labute approximate surface area is 197 Å². The average Bonchev–Trinajstić information content (AvgIpc) is 3.24. The Morgan fingerprint density at radius 3 is 2.15 bits per heavy atom. The van der Waals surface area contributed by atoms with Crippen LogP contribution in [-0.2, 0) is 6.54 Å². The lowest BCUT2D eigenvalue weighted by Gasteiger charge is -2.15. The predicted molar refractivity (Wildman–Crippen MR) is 135 cm³/mol. The molecule has 2 heterocycles. The highest BCUT2D eigenvalue weighted by Gasteiger charge is 2.15. The van der Waals surface area contributed by atoms with Crippen LogP contribution in [-0.4, -0.2) is 9.55 Å². The number of hydrogen-bond acceptors (Lipinski definition) is 3. The standard InChI is InChI=1S/C28H22ClN3O/c29-25-11-5-4-10-24(25)27-18-17-26(32(27)19-21-7-6-12-28(30)31-21)20-13-15-23(16-14-20)33-22-8-2-1-3-9-22/h1-18H,19H2,(H2,30,31). The fourth-order valence-electron chi connectivity index (χ4n) is 3.86. The van der Waals surface area contributed by atoms with E-state index in [0.717, 1.165) is 39.7 Å². The summed E-state index contributed by atoms with van der Waals surface area (Å²) in [6, 6.07) is 35.6. The molecular formula is C28H22ClN3O. The van der Waals surface area contributed by atoms with E-state index in [9.17, 15) is 0 Å². The van der Waals surface area contributed by atoms with Gasteiger partial charge in [-0.05, 0) is 72.3 Å². The zero-order valence-corrected chi connectivity index (χ0v) is 18.6. The van der Waals surface area contributed by atoms with Gasteiger partial charge in [-0.2, -0.15) is 0 Å². The van der Waals surface area contributed by atoms with Crippen LogP contribution in [0.5, 0.6) is 11.5 Å². The smallest absolute Gasteiger partial charge is 0.127 e. The molecule has 0 aliphatic rings. The van der Waals surface area contributed by atoms with Crippen LogP contribution in [0.2, 0.25) is 5.02 Å². The first kappa shape index (κ1) is 20.9. The van der Waals surface area contributed by atoms with Crippen LogP contribution in [0.1, 0.15) is 5.69 Å². The predicted octanol–water partition coefficient (Wildman–Crippen LogP) is 7.29. The third kappa shape index (κ3) is 4.61. The van der Waals surface area contributed by atoms with Gasteiger partial charge in [-0.3, -0.25) is 0 Å². The zero-order valence-electron chi connectivity index (χ0n) is 17.9. The van der Waals surface area contributed by atoms with E-state index < -0.39 is 0 Å². The quantitative estimate of drug-likeness (QED) is 0.295. The van der Waals surface area contributed by atoms with Crippen LogP contribution >= 0.6 is 11.6 Å². The van der Waals surface area contributed by atoms with Crippen LogP contribution in [0.3, 0.4) is 0 Å². The number of benzene rings is 3. The number of anilines is 1. The van der Waals surface area contributed by atoms with Gasteiger partial charge < -0.3 is 15.0 Å². The average molecular weight is 452 g/mol. The number of pyridine rings is 1. The zero-order chi connectivity index (χ0) is 22.6. The number of para-hydroxylation sites is 1.